The molecule has 0 aliphatic rings. The average Bonchev–Trinajstić information content (AvgIpc) is 2.56. The fraction of sp³-hybridized carbons (Fsp3) is 0.188. The highest BCUT2D eigenvalue weighted by Gasteiger charge is 2.37. The van der Waals surface area contributed by atoms with Gasteiger partial charge in [0.1, 0.15) is 0 Å². The van der Waals surface area contributed by atoms with Crippen molar-refractivity contribution in [1.82, 2.24) is 0 Å². The lowest BCUT2D eigenvalue weighted by Crippen LogP contribution is -2.17. The molecule has 0 aliphatic heterocycles. The third-order valence-electron chi connectivity index (χ3n) is 3.60. The molecule has 0 aromatic heterocycles. The van der Waals surface area contributed by atoms with Crippen LogP contribution in [-0.2, 0) is 18.9 Å². The number of benzene rings is 2. The zero-order valence-corrected chi connectivity index (χ0v) is 13.7. The van der Waals surface area contributed by atoms with Crippen molar-refractivity contribution >= 4 is 23.2 Å². The zero-order chi connectivity index (χ0) is 21.3. The van der Waals surface area contributed by atoms with E-state index in [4.69, 9.17) is 10.8 Å². The molecule has 0 saturated carbocycles. The van der Waals surface area contributed by atoms with Crippen LogP contribution in [0.3, 0.4) is 0 Å². The SMILES string of the molecule is Nc1c(NC(=O)O)cc(C(F)(F)F)c(NCc2ccc(C(F)(F)F)cc2)c1F. The highest BCUT2D eigenvalue weighted by molar-refractivity contribution is 5.89. The number of nitrogen functional groups attached to an aromatic ring is 1. The van der Waals surface area contributed by atoms with E-state index < -0.39 is 59.0 Å². The van der Waals surface area contributed by atoms with Gasteiger partial charge in [-0.15, -0.1) is 0 Å². The van der Waals surface area contributed by atoms with E-state index in [0.717, 1.165) is 24.3 Å². The number of rotatable bonds is 4. The summed E-state index contributed by atoms with van der Waals surface area (Å²) in [5.74, 6) is -1.55. The van der Waals surface area contributed by atoms with Crippen LogP contribution >= 0.6 is 0 Å². The molecule has 2 aromatic carbocycles. The van der Waals surface area contributed by atoms with Crippen LogP contribution in [0.15, 0.2) is 30.3 Å². The second-order valence-corrected chi connectivity index (χ2v) is 5.55. The second-order valence-electron chi connectivity index (χ2n) is 5.55. The highest BCUT2D eigenvalue weighted by Crippen LogP contribution is 2.41. The largest absolute Gasteiger partial charge is 0.465 e. The Morgan fingerprint density at radius 3 is 2.07 bits per heavy atom. The van der Waals surface area contributed by atoms with Gasteiger partial charge in [-0.25, -0.2) is 9.18 Å². The first kappa shape index (κ1) is 21.1. The van der Waals surface area contributed by atoms with Crippen LogP contribution in [0.1, 0.15) is 16.7 Å². The number of hydrogen-bond acceptors (Lipinski definition) is 3. The van der Waals surface area contributed by atoms with Crippen LogP contribution in [0, 0.1) is 5.82 Å². The Morgan fingerprint density at radius 2 is 1.61 bits per heavy atom. The fourth-order valence-electron chi connectivity index (χ4n) is 2.28. The lowest BCUT2D eigenvalue weighted by molar-refractivity contribution is -0.138. The average molecular weight is 411 g/mol. The zero-order valence-electron chi connectivity index (χ0n) is 13.7. The van der Waals surface area contributed by atoms with Crippen LogP contribution < -0.4 is 16.4 Å². The molecule has 0 atom stereocenters. The summed E-state index contributed by atoms with van der Waals surface area (Å²) in [6.07, 6.45) is -11.4. The van der Waals surface area contributed by atoms with Gasteiger partial charge in [0, 0.05) is 6.54 Å². The molecule has 0 spiro atoms. The van der Waals surface area contributed by atoms with Crippen molar-refractivity contribution in [1.29, 1.82) is 0 Å². The van der Waals surface area contributed by atoms with Gasteiger partial charge in [0.2, 0.25) is 0 Å². The summed E-state index contributed by atoms with van der Waals surface area (Å²) < 4.78 is 91.7. The molecule has 0 fully saturated rings. The van der Waals surface area contributed by atoms with E-state index in [1.54, 1.807) is 5.32 Å². The Labute approximate surface area is 153 Å². The normalized spacial score (nSPS) is 12.0. The van der Waals surface area contributed by atoms with Gasteiger partial charge in [-0.1, -0.05) is 12.1 Å². The number of nitrogens with one attached hydrogen (secondary N) is 2. The summed E-state index contributed by atoms with van der Waals surface area (Å²) >= 11 is 0. The Bertz CT molecular complexity index is 878. The Balaban J connectivity index is 2.36. The van der Waals surface area contributed by atoms with Gasteiger partial charge >= 0.3 is 18.4 Å². The van der Waals surface area contributed by atoms with Crippen molar-refractivity contribution in [2.75, 3.05) is 16.4 Å². The molecular formula is C16H12F7N3O2. The first-order valence-corrected chi connectivity index (χ1v) is 7.40. The smallest absolute Gasteiger partial charge is 0.418 e. The second kappa shape index (κ2) is 7.44. The molecule has 12 heteroatoms. The van der Waals surface area contributed by atoms with Gasteiger partial charge in [0.05, 0.1) is 28.2 Å². The Hall–Kier alpha value is -3.18. The van der Waals surface area contributed by atoms with E-state index in [9.17, 15) is 35.5 Å². The summed E-state index contributed by atoms with van der Waals surface area (Å²) in [4.78, 5) is 10.6. The minimum Gasteiger partial charge on any atom is -0.465 e. The highest BCUT2D eigenvalue weighted by atomic mass is 19.4. The third-order valence-corrected chi connectivity index (χ3v) is 3.60. The molecule has 5 nitrogen and oxygen atoms in total. The predicted octanol–water partition coefficient (Wildman–Crippen LogP) is 5.15. The molecule has 0 saturated heterocycles. The summed E-state index contributed by atoms with van der Waals surface area (Å²) in [7, 11) is 0. The van der Waals surface area contributed by atoms with E-state index in [1.165, 1.54) is 0 Å². The van der Waals surface area contributed by atoms with Crippen molar-refractivity contribution in [3.05, 3.63) is 52.8 Å². The standard InChI is InChI=1S/C16H12F7N3O2/c17-11-12(24)10(26-14(27)28)5-9(16(21,22)23)13(11)25-6-7-1-3-8(4-2-7)15(18,19)20/h1-5,25-26H,6,24H2,(H,27,28). The molecule has 152 valence electrons. The molecular weight excluding hydrogens is 399 g/mol. The molecule has 2 aromatic rings. The molecule has 28 heavy (non-hydrogen) atoms. The lowest BCUT2D eigenvalue weighted by Gasteiger charge is -2.19. The quantitative estimate of drug-likeness (QED) is 0.414. The maximum absolute atomic E-state index is 14.4. The summed E-state index contributed by atoms with van der Waals surface area (Å²) in [6.45, 7) is -0.441. The molecule has 0 bridgehead atoms. The number of carboxylic acid groups (broad SMARTS) is 1. The van der Waals surface area contributed by atoms with E-state index in [2.05, 4.69) is 5.32 Å². The van der Waals surface area contributed by atoms with Crippen molar-refractivity contribution in [2.45, 2.75) is 18.9 Å². The number of nitrogens with two attached hydrogens (primary N) is 1. The predicted molar refractivity (Wildman–Crippen MR) is 86.2 cm³/mol. The van der Waals surface area contributed by atoms with Crippen molar-refractivity contribution in [2.24, 2.45) is 0 Å². The maximum atomic E-state index is 14.4. The summed E-state index contributed by atoms with van der Waals surface area (Å²) in [6, 6.07) is 3.82. The van der Waals surface area contributed by atoms with E-state index >= 15 is 0 Å². The molecule has 0 heterocycles. The van der Waals surface area contributed by atoms with Gasteiger partial charge in [-0.05, 0) is 23.8 Å². The van der Waals surface area contributed by atoms with Crippen molar-refractivity contribution in [3.63, 3.8) is 0 Å². The number of halogens is 7. The maximum Gasteiger partial charge on any atom is 0.418 e. The Kier molecular flexibility index (Phi) is 5.62. The first-order chi connectivity index (χ1) is 12.8. The van der Waals surface area contributed by atoms with Gasteiger partial charge in [0.15, 0.2) is 5.82 Å². The van der Waals surface area contributed by atoms with Crippen LogP contribution in [0.4, 0.5) is 52.6 Å². The molecule has 5 N–H and O–H groups in total. The molecule has 1 amide bonds. The van der Waals surface area contributed by atoms with E-state index in [1.807, 2.05) is 0 Å². The number of anilines is 3. The van der Waals surface area contributed by atoms with Crippen LogP contribution in [-0.4, -0.2) is 11.2 Å². The third kappa shape index (κ3) is 4.75. The van der Waals surface area contributed by atoms with E-state index in [0.29, 0.717) is 6.07 Å². The topological polar surface area (TPSA) is 87.4 Å². The lowest BCUT2D eigenvalue weighted by atomic mass is 10.1. The molecule has 2 rings (SSSR count). The fourth-order valence-corrected chi connectivity index (χ4v) is 2.28. The minimum absolute atomic E-state index is 0.145. The van der Waals surface area contributed by atoms with E-state index in [-0.39, 0.29) is 5.56 Å². The minimum atomic E-state index is -5.06. The van der Waals surface area contributed by atoms with Gasteiger partial charge in [-0.2, -0.15) is 26.3 Å². The number of carbonyl (C=O) groups is 1. The van der Waals surface area contributed by atoms with Crippen molar-refractivity contribution < 1.29 is 40.6 Å². The van der Waals surface area contributed by atoms with Crippen LogP contribution in [0.5, 0.6) is 0 Å². The first-order valence-electron chi connectivity index (χ1n) is 7.40. The summed E-state index contributed by atoms with van der Waals surface area (Å²) in [5, 5.41) is 12.3. The molecule has 0 radical (unpaired) electrons. The van der Waals surface area contributed by atoms with Crippen LogP contribution in [0.2, 0.25) is 0 Å². The number of alkyl halides is 6. The Morgan fingerprint density at radius 1 is 1.04 bits per heavy atom. The number of hydrogen-bond donors (Lipinski definition) is 4. The monoisotopic (exact) mass is 411 g/mol. The number of amides is 1. The van der Waals surface area contributed by atoms with Crippen molar-refractivity contribution in [3.8, 4) is 0 Å². The summed E-state index contributed by atoms with van der Waals surface area (Å²) in [5.41, 5.74) is 0.289. The van der Waals surface area contributed by atoms with Gasteiger partial charge < -0.3 is 16.2 Å². The van der Waals surface area contributed by atoms with Gasteiger partial charge in [-0.3, -0.25) is 5.32 Å². The molecule has 0 unspecified atom stereocenters. The van der Waals surface area contributed by atoms with Gasteiger partial charge in [0.25, 0.3) is 0 Å². The van der Waals surface area contributed by atoms with Crippen LogP contribution in [0.25, 0.3) is 0 Å². The molecule has 0 aliphatic carbocycles.